The van der Waals surface area contributed by atoms with Crippen molar-refractivity contribution < 1.29 is 0 Å². The molecular weight excluding hydrogens is 835 g/mol. The molecule has 0 saturated heterocycles. The van der Waals surface area contributed by atoms with Gasteiger partial charge in [-0.2, -0.15) is 0 Å². The van der Waals surface area contributed by atoms with Gasteiger partial charge in [-0.1, -0.05) is 155 Å². The quantitative estimate of drug-likeness (QED) is 0.172. The lowest BCUT2D eigenvalue weighted by atomic mass is 9.64. The largest absolute Gasteiger partial charge is 0.332 e. The number of fused-ring (bicyclic) bond motifs is 14. The maximum absolute atomic E-state index is 2.63. The van der Waals surface area contributed by atoms with Crippen molar-refractivity contribution in [3.05, 3.63) is 235 Å². The molecule has 3 nitrogen and oxygen atoms in total. The number of rotatable bonds is 4. The zero-order valence-corrected chi connectivity index (χ0v) is 39.2. The predicted octanol–water partition coefficient (Wildman–Crippen LogP) is 16.9. The normalized spacial score (nSPS) is 17.8. The average Bonchev–Trinajstić information content (AvgIpc) is 4.08. The van der Waals surface area contributed by atoms with E-state index in [4.69, 9.17) is 0 Å². The summed E-state index contributed by atoms with van der Waals surface area (Å²) in [6, 6.07) is 73.5. The molecule has 2 unspecified atom stereocenters. The molecule has 0 spiro atoms. The smallest absolute Gasteiger partial charge is 0.0669 e. The summed E-state index contributed by atoms with van der Waals surface area (Å²) >= 11 is 0. The van der Waals surface area contributed by atoms with Crippen LogP contribution in [0, 0.1) is 5.92 Å². The Morgan fingerprint density at radius 3 is 1.75 bits per heavy atom. The number of aromatic nitrogens is 2. The molecule has 0 amide bonds. The number of hydrogen-bond acceptors (Lipinski definition) is 1. The zero-order chi connectivity index (χ0) is 45.9. The van der Waals surface area contributed by atoms with Crippen LogP contribution in [-0.4, -0.2) is 15.2 Å². The van der Waals surface area contributed by atoms with Gasteiger partial charge >= 0.3 is 0 Å². The molecule has 0 radical (unpaired) electrons. The summed E-state index contributed by atoms with van der Waals surface area (Å²) in [6.45, 7) is 9.64. The highest BCUT2D eigenvalue weighted by molar-refractivity contribution is 6.15. The van der Waals surface area contributed by atoms with Crippen molar-refractivity contribution in [3.63, 3.8) is 0 Å². The molecule has 0 fully saturated rings. The molecule has 0 saturated carbocycles. The first kappa shape index (κ1) is 38.9. The summed E-state index contributed by atoms with van der Waals surface area (Å²) in [4.78, 5) is 2.63. The first-order chi connectivity index (χ1) is 33.7. The van der Waals surface area contributed by atoms with Gasteiger partial charge in [0, 0.05) is 66.6 Å². The standard InChI is InChI=1S/C66H49N3/c1-65(2)54-22-12-11-20-46(54)48-38-53-51-36-43(42-28-32-61-49(35-42)47-21-15-24-56-64(47)69(61)62-25-14-13-23-55(62)66(56,3)4)27-31-59(51)68(63(53)39-57(48)65)45-29-33-60-52(37-45)50-34-41(40-16-7-5-8-17-40)26-30-58(50)67(60)44-18-9-6-10-19-44/h5-39,56,64H,1-4H3. The van der Waals surface area contributed by atoms with Gasteiger partial charge in [-0.25, -0.2) is 0 Å². The Balaban J connectivity index is 0.953. The van der Waals surface area contributed by atoms with Crippen LogP contribution < -0.4 is 4.90 Å². The third kappa shape index (κ3) is 5.22. The number of anilines is 2. The minimum absolute atomic E-state index is 0.0163. The minimum Gasteiger partial charge on any atom is -0.332 e. The zero-order valence-electron chi connectivity index (χ0n) is 39.2. The molecule has 0 bridgehead atoms. The van der Waals surface area contributed by atoms with Crippen molar-refractivity contribution >= 4 is 60.6 Å². The van der Waals surface area contributed by atoms with E-state index in [1.807, 2.05) is 0 Å². The molecule has 69 heavy (non-hydrogen) atoms. The number of benzene rings is 9. The molecule has 2 aliphatic carbocycles. The second-order valence-electron chi connectivity index (χ2n) is 20.9. The first-order valence-corrected chi connectivity index (χ1v) is 24.6. The van der Waals surface area contributed by atoms with Crippen LogP contribution >= 0.6 is 0 Å². The summed E-state index contributed by atoms with van der Waals surface area (Å²) in [6.07, 6.45) is 7.13. The van der Waals surface area contributed by atoms with Gasteiger partial charge in [0.15, 0.2) is 0 Å². The molecule has 11 aromatic rings. The Bertz CT molecular complexity index is 4080. The second-order valence-corrected chi connectivity index (χ2v) is 20.9. The van der Waals surface area contributed by atoms with Gasteiger partial charge in [0.25, 0.3) is 0 Å². The predicted molar refractivity (Wildman–Crippen MR) is 290 cm³/mol. The third-order valence-corrected chi connectivity index (χ3v) is 16.7. The van der Waals surface area contributed by atoms with Crippen LogP contribution in [0.3, 0.4) is 0 Å². The van der Waals surface area contributed by atoms with Gasteiger partial charge < -0.3 is 14.0 Å². The molecule has 0 N–H and O–H groups in total. The molecule has 4 heterocycles. The summed E-state index contributed by atoms with van der Waals surface area (Å²) in [7, 11) is 0. The lowest BCUT2D eigenvalue weighted by molar-refractivity contribution is 0.341. The van der Waals surface area contributed by atoms with Crippen molar-refractivity contribution in [3.8, 4) is 44.8 Å². The van der Waals surface area contributed by atoms with Gasteiger partial charge in [-0.15, -0.1) is 0 Å². The molecule has 2 aromatic heterocycles. The van der Waals surface area contributed by atoms with E-state index in [0.29, 0.717) is 5.92 Å². The van der Waals surface area contributed by atoms with Crippen molar-refractivity contribution in [2.24, 2.45) is 5.92 Å². The monoisotopic (exact) mass is 883 g/mol. The van der Waals surface area contributed by atoms with Gasteiger partial charge in [0.05, 0.1) is 28.1 Å². The highest BCUT2D eigenvalue weighted by Crippen LogP contribution is 2.59. The van der Waals surface area contributed by atoms with E-state index in [9.17, 15) is 0 Å². The van der Waals surface area contributed by atoms with Gasteiger partial charge in [0.1, 0.15) is 0 Å². The Morgan fingerprint density at radius 2 is 0.986 bits per heavy atom. The van der Waals surface area contributed by atoms with E-state index in [2.05, 4.69) is 254 Å². The van der Waals surface area contributed by atoms with E-state index in [1.165, 1.54) is 116 Å². The molecule has 4 aliphatic rings. The van der Waals surface area contributed by atoms with E-state index in [-0.39, 0.29) is 16.9 Å². The summed E-state index contributed by atoms with van der Waals surface area (Å²) in [5.41, 5.74) is 24.2. The van der Waals surface area contributed by atoms with E-state index >= 15 is 0 Å². The van der Waals surface area contributed by atoms with Crippen LogP contribution in [0.5, 0.6) is 0 Å². The van der Waals surface area contributed by atoms with Crippen LogP contribution in [0.2, 0.25) is 0 Å². The second kappa shape index (κ2) is 13.7. The van der Waals surface area contributed by atoms with E-state index in [0.717, 1.165) is 11.4 Å². The van der Waals surface area contributed by atoms with Crippen molar-refractivity contribution in [1.29, 1.82) is 0 Å². The van der Waals surface area contributed by atoms with Crippen LogP contribution in [0.25, 0.3) is 93.9 Å². The van der Waals surface area contributed by atoms with Crippen LogP contribution in [-0.2, 0) is 10.8 Å². The summed E-state index contributed by atoms with van der Waals surface area (Å²) in [5.74, 6) is 0.377. The first-order valence-electron chi connectivity index (χ1n) is 24.6. The molecule has 15 rings (SSSR count). The van der Waals surface area contributed by atoms with Crippen LogP contribution in [0.1, 0.15) is 49.9 Å². The number of hydrogen-bond donors (Lipinski definition) is 0. The molecular formula is C66H49N3. The van der Waals surface area contributed by atoms with Crippen molar-refractivity contribution in [1.82, 2.24) is 9.13 Å². The lowest BCUT2D eigenvalue weighted by Crippen LogP contribution is -2.48. The fraction of sp³-hybridized carbons (Fsp3) is 0.121. The molecule has 9 aromatic carbocycles. The number of nitrogens with zero attached hydrogens (tertiary/aromatic N) is 3. The Labute approximate surface area is 402 Å². The Hall–Kier alpha value is -8.14. The number of para-hydroxylation sites is 2. The topological polar surface area (TPSA) is 13.1 Å². The molecule has 2 atom stereocenters. The van der Waals surface area contributed by atoms with Crippen LogP contribution in [0.4, 0.5) is 11.4 Å². The third-order valence-electron chi connectivity index (χ3n) is 16.7. The summed E-state index contributed by atoms with van der Waals surface area (Å²) < 4.78 is 4.97. The molecule has 328 valence electrons. The van der Waals surface area contributed by atoms with E-state index in [1.54, 1.807) is 0 Å². The van der Waals surface area contributed by atoms with Crippen molar-refractivity contribution in [2.75, 3.05) is 4.90 Å². The molecule has 2 aliphatic heterocycles. The maximum Gasteiger partial charge on any atom is 0.0669 e. The van der Waals surface area contributed by atoms with Crippen molar-refractivity contribution in [2.45, 2.75) is 44.6 Å². The Morgan fingerprint density at radius 1 is 0.391 bits per heavy atom. The highest BCUT2D eigenvalue weighted by Gasteiger charge is 2.51. The minimum atomic E-state index is -0.136. The van der Waals surface area contributed by atoms with Gasteiger partial charge in [-0.3, -0.25) is 0 Å². The Kier molecular flexibility index (Phi) is 7.75. The fourth-order valence-corrected chi connectivity index (χ4v) is 13.3. The van der Waals surface area contributed by atoms with Gasteiger partial charge in [0.2, 0.25) is 0 Å². The highest BCUT2D eigenvalue weighted by atomic mass is 15.2. The average molecular weight is 884 g/mol. The SMILES string of the molecule is CC1(C)c2ccccc2-c2cc3c4cc(-c5ccc6c(c5)C5=CC=CC7C5N6c5ccccc5C7(C)C)ccc4n(-c4ccc5c(c4)c4cc(-c6ccccc6)ccc4n5-c4ccccc4)c3cc21. The van der Waals surface area contributed by atoms with E-state index < -0.39 is 0 Å². The summed E-state index contributed by atoms with van der Waals surface area (Å²) in [5, 5.41) is 5.02. The molecule has 3 heteroatoms. The van der Waals surface area contributed by atoms with Crippen LogP contribution in [0.15, 0.2) is 212 Å². The fourth-order valence-electron chi connectivity index (χ4n) is 13.3. The lowest BCUT2D eigenvalue weighted by Gasteiger charge is -2.49. The van der Waals surface area contributed by atoms with Gasteiger partial charge in [-0.05, 0) is 141 Å². The maximum atomic E-state index is 2.63. The number of allylic oxidation sites excluding steroid dienone is 2.